The Kier molecular flexibility index (Phi) is 5.95. The Morgan fingerprint density at radius 3 is 2.26 bits per heavy atom. The standard InChI is InChI=1S/C13H26N2O3S/c1-9(15-19(18)13(2,3)4)10-5-7-11(8-6-10)14-12(16)17/h9-11,14-15H,5-8H2,1-4H3,(H,16,17)/t9-,10?,11?,19-/m0/s1. The smallest absolute Gasteiger partial charge is 0.404 e. The molecule has 1 aliphatic rings. The minimum Gasteiger partial charge on any atom is -0.598 e. The van der Waals surface area contributed by atoms with Crippen LogP contribution in [-0.2, 0) is 11.4 Å². The summed E-state index contributed by atoms with van der Waals surface area (Å²) in [4.78, 5) is 10.6. The lowest BCUT2D eigenvalue weighted by molar-refractivity contribution is 0.180. The molecule has 0 bridgehead atoms. The molecule has 3 N–H and O–H groups in total. The molecule has 0 aliphatic heterocycles. The molecule has 0 aromatic carbocycles. The normalized spacial score (nSPS) is 27.6. The predicted molar refractivity (Wildman–Crippen MR) is 77.4 cm³/mol. The Morgan fingerprint density at radius 2 is 1.84 bits per heavy atom. The molecule has 1 aliphatic carbocycles. The number of carbonyl (C=O) groups is 1. The van der Waals surface area contributed by atoms with Crippen LogP contribution in [0.3, 0.4) is 0 Å². The summed E-state index contributed by atoms with van der Waals surface area (Å²) in [6.07, 6.45) is 2.74. The van der Waals surface area contributed by atoms with Gasteiger partial charge in [-0.05, 0) is 59.3 Å². The lowest BCUT2D eigenvalue weighted by atomic mass is 9.82. The fourth-order valence-corrected chi connectivity index (χ4v) is 3.26. The number of nitrogens with one attached hydrogen (secondary N) is 2. The van der Waals surface area contributed by atoms with Crippen LogP contribution in [0.5, 0.6) is 0 Å². The van der Waals surface area contributed by atoms with E-state index in [1.165, 1.54) is 0 Å². The van der Waals surface area contributed by atoms with Crippen LogP contribution in [0.4, 0.5) is 4.79 Å². The number of hydrogen-bond acceptors (Lipinski definition) is 3. The summed E-state index contributed by atoms with van der Waals surface area (Å²) < 4.78 is 15.0. The van der Waals surface area contributed by atoms with Crippen LogP contribution >= 0.6 is 0 Å². The van der Waals surface area contributed by atoms with Gasteiger partial charge >= 0.3 is 6.09 Å². The van der Waals surface area contributed by atoms with Gasteiger partial charge in [-0.15, -0.1) is 4.72 Å². The average Bonchev–Trinajstić information content (AvgIpc) is 2.27. The minimum atomic E-state index is -1.05. The SMILES string of the molecule is C[C@H](N[S@@+]([O-])C(C)(C)C)C1CCC(NC(=O)O)CC1. The zero-order valence-corrected chi connectivity index (χ0v) is 13.0. The Morgan fingerprint density at radius 1 is 1.32 bits per heavy atom. The van der Waals surface area contributed by atoms with E-state index < -0.39 is 17.5 Å². The fraction of sp³-hybridized carbons (Fsp3) is 0.923. The zero-order chi connectivity index (χ0) is 14.6. The van der Waals surface area contributed by atoms with Gasteiger partial charge in [-0.25, -0.2) is 4.79 Å². The van der Waals surface area contributed by atoms with E-state index >= 15 is 0 Å². The molecule has 0 unspecified atom stereocenters. The lowest BCUT2D eigenvalue weighted by Crippen LogP contribution is -2.47. The predicted octanol–water partition coefficient (Wildman–Crippen LogP) is 2.25. The van der Waals surface area contributed by atoms with Crippen molar-refractivity contribution in [3.63, 3.8) is 0 Å². The summed E-state index contributed by atoms with van der Waals surface area (Å²) in [5.74, 6) is 0.471. The van der Waals surface area contributed by atoms with Crippen molar-refractivity contribution in [2.45, 2.75) is 70.2 Å². The molecule has 0 spiro atoms. The number of hydrogen-bond donors (Lipinski definition) is 3. The van der Waals surface area contributed by atoms with Crippen molar-refractivity contribution in [2.75, 3.05) is 0 Å². The minimum absolute atomic E-state index is 0.0778. The molecule has 6 heteroatoms. The van der Waals surface area contributed by atoms with E-state index in [1.807, 2.05) is 20.8 Å². The first-order chi connectivity index (χ1) is 8.70. The summed E-state index contributed by atoms with van der Waals surface area (Å²) in [7, 11) is 0. The molecule has 0 aromatic rings. The molecule has 112 valence electrons. The van der Waals surface area contributed by atoms with E-state index in [0.29, 0.717) is 5.92 Å². The van der Waals surface area contributed by atoms with Gasteiger partial charge in [-0.2, -0.15) is 0 Å². The first-order valence-electron chi connectivity index (χ1n) is 6.87. The third-order valence-corrected chi connectivity index (χ3v) is 5.35. The van der Waals surface area contributed by atoms with Gasteiger partial charge in [0.05, 0.1) is 6.04 Å². The van der Waals surface area contributed by atoms with E-state index in [4.69, 9.17) is 5.11 Å². The van der Waals surface area contributed by atoms with Crippen molar-refractivity contribution >= 4 is 17.5 Å². The Hall–Kier alpha value is -0.460. The van der Waals surface area contributed by atoms with Crippen LogP contribution in [-0.4, -0.2) is 32.6 Å². The second kappa shape index (κ2) is 6.81. The monoisotopic (exact) mass is 290 g/mol. The first kappa shape index (κ1) is 16.6. The van der Waals surface area contributed by atoms with Crippen LogP contribution in [0.2, 0.25) is 0 Å². The first-order valence-corrected chi connectivity index (χ1v) is 8.02. The average molecular weight is 290 g/mol. The van der Waals surface area contributed by atoms with E-state index in [1.54, 1.807) is 0 Å². The van der Waals surface area contributed by atoms with Crippen LogP contribution < -0.4 is 10.0 Å². The van der Waals surface area contributed by atoms with Gasteiger partial charge < -0.3 is 15.0 Å². The highest BCUT2D eigenvalue weighted by molar-refractivity contribution is 7.90. The number of rotatable bonds is 4. The van der Waals surface area contributed by atoms with Crippen LogP contribution in [0.1, 0.15) is 53.4 Å². The van der Waals surface area contributed by atoms with Crippen LogP contribution in [0, 0.1) is 5.92 Å². The second-order valence-electron chi connectivity index (χ2n) is 6.35. The van der Waals surface area contributed by atoms with Crippen LogP contribution in [0.15, 0.2) is 0 Å². The van der Waals surface area contributed by atoms with Gasteiger partial charge in [0.1, 0.15) is 4.75 Å². The van der Waals surface area contributed by atoms with Crippen molar-refractivity contribution in [1.29, 1.82) is 0 Å². The topological polar surface area (TPSA) is 84.4 Å². The Labute approximate surface area is 118 Å². The van der Waals surface area contributed by atoms with E-state index in [-0.39, 0.29) is 16.8 Å². The van der Waals surface area contributed by atoms with Crippen molar-refractivity contribution in [3.8, 4) is 0 Å². The molecule has 0 heterocycles. The molecular formula is C13H26N2O3S. The summed E-state index contributed by atoms with van der Waals surface area (Å²) in [5.41, 5.74) is 0. The third-order valence-electron chi connectivity index (χ3n) is 3.66. The lowest BCUT2D eigenvalue weighted by Gasteiger charge is -2.34. The number of amides is 1. The van der Waals surface area contributed by atoms with Crippen molar-refractivity contribution in [1.82, 2.24) is 10.0 Å². The second-order valence-corrected chi connectivity index (χ2v) is 8.35. The highest BCUT2D eigenvalue weighted by Crippen LogP contribution is 2.28. The van der Waals surface area contributed by atoms with Crippen molar-refractivity contribution < 1.29 is 14.5 Å². The maximum absolute atomic E-state index is 12.0. The highest BCUT2D eigenvalue weighted by atomic mass is 32.2. The number of carboxylic acid groups (broad SMARTS) is 1. The maximum Gasteiger partial charge on any atom is 0.404 e. The Balaban J connectivity index is 2.36. The van der Waals surface area contributed by atoms with Gasteiger partial charge in [0.15, 0.2) is 0 Å². The fourth-order valence-electron chi connectivity index (χ4n) is 2.38. The van der Waals surface area contributed by atoms with E-state index in [9.17, 15) is 9.35 Å². The molecule has 1 amide bonds. The molecule has 2 atom stereocenters. The summed E-state index contributed by atoms with van der Waals surface area (Å²) in [6, 6.07) is 0.278. The molecule has 0 saturated heterocycles. The van der Waals surface area contributed by atoms with E-state index in [0.717, 1.165) is 25.7 Å². The molecule has 1 rings (SSSR count). The maximum atomic E-state index is 12.0. The molecule has 1 saturated carbocycles. The van der Waals surface area contributed by atoms with Gasteiger partial charge in [0, 0.05) is 17.4 Å². The summed E-state index contributed by atoms with van der Waals surface area (Å²) >= 11 is -1.05. The van der Waals surface area contributed by atoms with Gasteiger partial charge in [0.25, 0.3) is 0 Å². The highest BCUT2D eigenvalue weighted by Gasteiger charge is 2.32. The van der Waals surface area contributed by atoms with Crippen molar-refractivity contribution in [2.24, 2.45) is 5.92 Å². The van der Waals surface area contributed by atoms with Gasteiger partial charge in [0.2, 0.25) is 0 Å². The summed E-state index contributed by atoms with van der Waals surface area (Å²) in [5, 5.41) is 11.2. The van der Waals surface area contributed by atoms with E-state index in [2.05, 4.69) is 17.0 Å². The van der Waals surface area contributed by atoms with Crippen molar-refractivity contribution in [3.05, 3.63) is 0 Å². The molecule has 0 aromatic heterocycles. The Bertz CT molecular complexity index is 299. The molecule has 5 nitrogen and oxygen atoms in total. The third kappa shape index (κ3) is 5.58. The van der Waals surface area contributed by atoms with Crippen LogP contribution in [0.25, 0.3) is 0 Å². The molecular weight excluding hydrogens is 264 g/mol. The molecule has 19 heavy (non-hydrogen) atoms. The zero-order valence-electron chi connectivity index (χ0n) is 12.2. The van der Waals surface area contributed by atoms with Gasteiger partial charge in [-0.1, -0.05) is 0 Å². The molecule has 1 fully saturated rings. The largest absolute Gasteiger partial charge is 0.598 e. The molecule has 0 radical (unpaired) electrons. The quantitative estimate of drug-likeness (QED) is 0.693. The van der Waals surface area contributed by atoms with Gasteiger partial charge in [-0.3, -0.25) is 0 Å². The summed E-state index contributed by atoms with van der Waals surface area (Å²) in [6.45, 7) is 7.93.